The molecule has 0 aromatic heterocycles. The van der Waals surface area contributed by atoms with E-state index in [-0.39, 0.29) is 17.9 Å². The monoisotopic (exact) mass is 223 g/mol. The molecule has 1 amide bonds. The van der Waals surface area contributed by atoms with Gasteiger partial charge < -0.3 is 25.2 Å². The number of amides is 1. The Kier molecular flexibility index (Phi) is 2.61. The number of carboxylic acid groups (broad SMARTS) is 1. The molecule has 0 aliphatic carbocycles. The molecule has 1 atom stereocenters. The van der Waals surface area contributed by atoms with E-state index < -0.39 is 19.2 Å². The number of phenolic OH excluding ortho intramolecular Hbond substituents is 1. The Labute approximate surface area is 91.6 Å². The number of nitrogens with one attached hydrogen (secondary N) is 1. The van der Waals surface area contributed by atoms with Crippen molar-refractivity contribution in [2.45, 2.75) is 12.4 Å². The topological polar surface area (TPSA) is 99.0 Å². The lowest BCUT2D eigenvalue weighted by molar-refractivity contribution is 0.190. The van der Waals surface area contributed by atoms with Gasteiger partial charge in [-0.05, 0) is 18.1 Å². The van der Waals surface area contributed by atoms with E-state index in [0.717, 1.165) is 0 Å². The van der Waals surface area contributed by atoms with E-state index in [1.54, 1.807) is 12.1 Å². The molecule has 7 heteroatoms. The number of hydrogen-bond donors (Lipinski definition) is 4. The first-order chi connectivity index (χ1) is 7.58. The van der Waals surface area contributed by atoms with E-state index in [4.69, 9.17) is 9.76 Å². The summed E-state index contributed by atoms with van der Waals surface area (Å²) in [5.41, 5.74) is 0.657. The van der Waals surface area contributed by atoms with Crippen LogP contribution in [0.1, 0.15) is 5.56 Å². The van der Waals surface area contributed by atoms with Gasteiger partial charge in [0.25, 0.3) is 0 Å². The smallest absolute Gasteiger partial charge is 0.532 e. The van der Waals surface area contributed by atoms with Crippen LogP contribution in [-0.4, -0.2) is 34.4 Å². The zero-order chi connectivity index (χ0) is 11.7. The minimum Gasteiger partial charge on any atom is -0.532 e. The molecule has 6 nitrogen and oxygen atoms in total. The Hall–Kier alpha value is -1.89. The first-order valence-corrected chi connectivity index (χ1v) is 4.73. The van der Waals surface area contributed by atoms with Gasteiger partial charge in [0, 0.05) is 0 Å². The van der Waals surface area contributed by atoms with Gasteiger partial charge in [-0.25, -0.2) is 4.79 Å². The highest BCUT2D eigenvalue weighted by Gasteiger charge is 2.36. The normalized spacial score (nSPS) is 18.6. The molecule has 84 valence electrons. The van der Waals surface area contributed by atoms with Crippen LogP contribution in [0.15, 0.2) is 18.2 Å². The molecule has 1 aliphatic heterocycles. The second kappa shape index (κ2) is 3.94. The molecule has 0 spiro atoms. The number of phenols is 1. The highest BCUT2D eigenvalue weighted by Crippen LogP contribution is 2.34. The van der Waals surface area contributed by atoms with Crippen LogP contribution in [0, 0.1) is 0 Å². The van der Waals surface area contributed by atoms with Crippen LogP contribution in [0.3, 0.4) is 0 Å². The summed E-state index contributed by atoms with van der Waals surface area (Å²) < 4.78 is 5.06. The van der Waals surface area contributed by atoms with E-state index in [0.29, 0.717) is 5.56 Å². The van der Waals surface area contributed by atoms with Gasteiger partial charge in [0.2, 0.25) is 0 Å². The van der Waals surface area contributed by atoms with Crippen molar-refractivity contribution in [3.63, 3.8) is 0 Å². The fourth-order valence-corrected chi connectivity index (χ4v) is 1.69. The summed E-state index contributed by atoms with van der Waals surface area (Å²) in [6.07, 6.45) is -0.951. The van der Waals surface area contributed by atoms with E-state index in [9.17, 15) is 14.9 Å². The van der Waals surface area contributed by atoms with Crippen molar-refractivity contribution in [2.24, 2.45) is 0 Å². The second-order valence-electron chi connectivity index (χ2n) is 3.53. The highest BCUT2D eigenvalue weighted by atomic mass is 16.5. The largest absolute Gasteiger partial charge is 0.547 e. The summed E-state index contributed by atoms with van der Waals surface area (Å²) in [5.74, 6) is -0.587. The fraction of sp³-hybridized carbons (Fsp3) is 0.222. The Bertz CT molecular complexity index is 424. The van der Waals surface area contributed by atoms with Crippen molar-refractivity contribution < 1.29 is 24.7 Å². The predicted molar refractivity (Wildman–Crippen MR) is 55.4 cm³/mol. The molecular weight excluding hydrogens is 213 g/mol. The van der Waals surface area contributed by atoms with Crippen molar-refractivity contribution in [1.82, 2.24) is 5.32 Å². The molecule has 4 N–H and O–H groups in total. The van der Waals surface area contributed by atoms with Crippen molar-refractivity contribution in [2.75, 3.05) is 0 Å². The van der Waals surface area contributed by atoms with Crippen LogP contribution < -0.4 is 9.97 Å². The Balaban J connectivity index is 2.25. The fourth-order valence-electron chi connectivity index (χ4n) is 1.69. The standard InChI is InChI=1S/C9H10BNO5/c12-6-3-1-2-5-4-7(11-9(13)14)10(15)16-8(5)6/h1-3,7,11-12,15H,4H2,(H,13,14). The predicted octanol–water partition coefficient (Wildman–Crippen LogP) is -0.0170. The van der Waals surface area contributed by atoms with Crippen LogP contribution >= 0.6 is 0 Å². The van der Waals surface area contributed by atoms with Gasteiger partial charge >= 0.3 is 13.2 Å². The minimum atomic E-state index is -1.29. The van der Waals surface area contributed by atoms with Crippen LogP contribution in [-0.2, 0) is 6.42 Å². The maximum absolute atomic E-state index is 10.5. The van der Waals surface area contributed by atoms with Gasteiger partial charge in [-0.1, -0.05) is 12.1 Å². The van der Waals surface area contributed by atoms with E-state index in [1.807, 2.05) is 0 Å². The van der Waals surface area contributed by atoms with Gasteiger partial charge in [0.05, 0.1) is 5.94 Å². The third kappa shape index (κ3) is 1.89. The number of fused-ring (bicyclic) bond motifs is 1. The maximum atomic E-state index is 10.5. The molecule has 0 saturated carbocycles. The lowest BCUT2D eigenvalue weighted by Gasteiger charge is -2.27. The number of aromatic hydroxyl groups is 1. The molecule has 1 aromatic rings. The minimum absolute atomic E-state index is 0.0645. The van der Waals surface area contributed by atoms with E-state index in [2.05, 4.69) is 5.32 Å². The van der Waals surface area contributed by atoms with Crippen LogP contribution in [0.25, 0.3) is 0 Å². The average molecular weight is 223 g/mol. The average Bonchev–Trinajstić information content (AvgIpc) is 2.20. The van der Waals surface area contributed by atoms with Crippen molar-refractivity contribution in [3.8, 4) is 11.5 Å². The quantitative estimate of drug-likeness (QED) is 0.501. The Morgan fingerprint density at radius 3 is 3.00 bits per heavy atom. The molecule has 1 aromatic carbocycles. The molecular formula is C9H10BNO5. The van der Waals surface area contributed by atoms with E-state index in [1.165, 1.54) is 6.07 Å². The summed E-state index contributed by atoms with van der Waals surface area (Å²) in [4.78, 5) is 10.5. The summed E-state index contributed by atoms with van der Waals surface area (Å²) in [6, 6.07) is 4.78. The maximum Gasteiger partial charge on any atom is 0.547 e. The van der Waals surface area contributed by atoms with Crippen LogP contribution in [0.5, 0.6) is 11.5 Å². The number of rotatable bonds is 1. The molecule has 0 radical (unpaired) electrons. The summed E-state index contributed by atoms with van der Waals surface area (Å²) in [6.45, 7) is 0. The number of benzene rings is 1. The lowest BCUT2D eigenvalue weighted by atomic mass is 9.72. The second-order valence-corrected chi connectivity index (χ2v) is 3.53. The Morgan fingerprint density at radius 2 is 2.31 bits per heavy atom. The summed E-state index contributed by atoms with van der Waals surface area (Å²) in [7, 11) is -1.29. The zero-order valence-electron chi connectivity index (χ0n) is 8.25. The van der Waals surface area contributed by atoms with Crippen LogP contribution in [0.2, 0.25) is 0 Å². The lowest BCUT2D eigenvalue weighted by Crippen LogP contribution is -2.52. The van der Waals surface area contributed by atoms with Gasteiger partial charge in [-0.15, -0.1) is 0 Å². The third-order valence-electron chi connectivity index (χ3n) is 2.41. The summed E-state index contributed by atoms with van der Waals surface area (Å²) >= 11 is 0. The molecule has 1 aliphatic rings. The van der Waals surface area contributed by atoms with Crippen molar-refractivity contribution in [1.29, 1.82) is 0 Å². The third-order valence-corrected chi connectivity index (χ3v) is 2.41. The van der Waals surface area contributed by atoms with Gasteiger partial charge in [-0.3, -0.25) is 0 Å². The molecule has 1 heterocycles. The number of para-hydroxylation sites is 1. The van der Waals surface area contributed by atoms with Gasteiger partial charge in [-0.2, -0.15) is 0 Å². The first-order valence-electron chi connectivity index (χ1n) is 4.73. The molecule has 0 fully saturated rings. The highest BCUT2D eigenvalue weighted by molar-refractivity contribution is 6.46. The van der Waals surface area contributed by atoms with Crippen molar-refractivity contribution >= 4 is 13.2 Å². The van der Waals surface area contributed by atoms with Crippen molar-refractivity contribution in [3.05, 3.63) is 23.8 Å². The van der Waals surface area contributed by atoms with Crippen LogP contribution in [0.4, 0.5) is 4.79 Å². The molecule has 0 saturated heterocycles. The molecule has 2 rings (SSSR count). The van der Waals surface area contributed by atoms with Gasteiger partial charge in [0.15, 0.2) is 5.75 Å². The summed E-state index contributed by atoms with van der Waals surface area (Å²) in [5, 5.41) is 29.7. The van der Waals surface area contributed by atoms with E-state index >= 15 is 0 Å². The molecule has 0 bridgehead atoms. The number of hydrogen-bond acceptors (Lipinski definition) is 4. The number of carbonyl (C=O) groups is 1. The molecule has 16 heavy (non-hydrogen) atoms. The Morgan fingerprint density at radius 1 is 1.56 bits per heavy atom. The first kappa shape index (κ1) is 10.6. The zero-order valence-corrected chi connectivity index (χ0v) is 8.25. The van der Waals surface area contributed by atoms with Gasteiger partial charge in [0.1, 0.15) is 5.75 Å². The SMILES string of the molecule is O=C(O)NC1Cc2cccc(O)c2OB1O. The molecule has 1 unspecified atom stereocenters.